The van der Waals surface area contributed by atoms with Crippen LogP contribution in [0.5, 0.6) is 0 Å². The van der Waals surface area contributed by atoms with Crippen molar-refractivity contribution >= 4 is 35.0 Å². The molecule has 182 valence electrons. The van der Waals surface area contributed by atoms with Crippen molar-refractivity contribution in [1.29, 1.82) is 0 Å². The topological polar surface area (TPSA) is 135 Å². The van der Waals surface area contributed by atoms with Gasteiger partial charge in [0.15, 0.2) is 0 Å². The number of likely N-dealkylation sites (tertiary alicyclic amines) is 1. The minimum atomic E-state index is -0.803. The smallest absolute Gasteiger partial charge is 0.270 e. The SMILES string of the molecule is CC(C)C(NC(=O)c1ccc([N+](=O)[O-])cc1Cl)C(=O)N1CCC(C(=O)NCc2ccco2)CC1. The molecule has 1 aliphatic heterocycles. The van der Waals surface area contributed by atoms with E-state index in [4.69, 9.17) is 16.0 Å². The highest BCUT2D eigenvalue weighted by atomic mass is 35.5. The van der Waals surface area contributed by atoms with Crippen molar-refractivity contribution in [2.75, 3.05) is 13.1 Å². The predicted molar refractivity (Wildman–Crippen MR) is 124 cm³/mol. The Labute approximate surface area is 201 Å². The Hall–Kier alpha value is -3.40. The van der Waals surface area contributed by atoms with Gasteiger partial charge in [-0.1, -0.05) is 25.4 Å². The Morgan fingerprint density at radius 3 is 2.50 bits per heavy atom. The van der Waals surface area contributed by atoms with E-state index < -0.39 is 16.9 Å². The zero-order valence-corrected chi connectivity index (χ0v) is 19.7. The number of nitrogens with zero attached hydrogens (tertiary/aromatic N) is 2. The maximum atomic E-state index is 13.2. The number of non-ortho nitro benzene ring substituents is 1. The minimum absolute atomic E-state index is 0.0534. The van der Waals surface area contributed by atoms with E-state index in [1.807, 2.05) is 13.8 Å². The molecule has 1 aliphatic rings. The van der Waals surface area contributed by atoms with Crippen molar-refractivity contribution in [3.63, 3.8) is 0 Å². The van der Waals surface area contributed by atoms with Crippen molar-refractivity contribution in [2.24, 2.45) is 11.8 Å². The molecule has 1 fully saturated rings. The monoisotopic (exact) mass is 490 g/mol. The Kier molecular flexibility index (Phi) is 8.27. The summed E-state index contributed by atoms with van der Waals surface area (Å²) in [4.78, 5) is 50.3. The molecule has 0 bridgehead atoms. The second-order valence-corrected chi connectivity index (χ2v) is 8.92. The number of nitro groups is 1. The average molecular weight is 491 g/mol. The normalized spacial score (nSPS) is 15.1. The highest BCUT2D eigenvalue weighted by Gasteiger charge is 2.33. The summed E-state index contributed by atoms with van der Waals surface area (Å²) in [6, 6.07) is 6.29. The van der Waals surface area contributed by atoms with E-state index in [1.54, 1.807) is 23.3 Å². The van der Waals surface area contributed by atoms with Gasteiger partial charge in [0.2, 0.25) is 11.8 Å². The Bertz CT molecular complexity index is 1050. The molecule has 1 aromatic heterocycles. The van der Waals surface area contributed by atoms with Crippen molar-refractivity contribution in [3.8, 4) is 0 Å². The Balaban J connectivity index is 1.57. The lowest BCUT2D eigenvalue weighted by molar-refractivity contribution is -0.384. The molecule has 1 atom stereocenters. The molecule has 3 amide bonds. The number of halogens is 1. The molecule has 1 aromatic carbocycles. The summed E-state index contributed by atoms with van der Waals surface area (Å²) in [7, 11) is 0. The van der Waals surface area contributed by atoms with Crippen molar-refractivity contribution in [3.05, 3.63) is 63.1 Å². The van der Waals surface area contributed by atoms with E-state index >= 15 is 0 Å². The number of carbonyl (C=O) groups excluding carboxylic acids is 3. The van der Waals surface area contributed by atoms with Gasteiger partial charge in [-0.05, 0) is 37.0 Å². The number of piperidine rings is 1. The molecule has 10 nitrogen and oxygen atoms in total. The van der Waals surface area contributed by atoms with Gasteiger partial charge in [-0.15, -0.1) is 0 Å². The van der Waals surface area contributed by atoms with Crippen molar-refractivity contribution in [1.82, 2.24) is 15.5 Å². The van der Waals surface area contributed by atoms with Crippen LogP contribution in [-0.2, 0) is 16.1 Å². The average Bonchev–Trinajstić information content (AvgIpc) is 3.34. The molecule has 3 rings (SSSR count). The molecule has 1 unspecified atom stereocenters. The van der Waals surface area contributed by atoms with Crippen LogP contribution in [-0.4, -0.2) is 46.7 Å². The zero-order valence-electron chi connectivity index (χ0n) is 19.0. The van der Waals surface area contributed by atoms with Crippen LogP contribution in [0.3, 0.4) is 0 Å². The minimum Gasteiger partial charge on any atom is -0.467 e. The number of hydrogen-bond acceptors (Lipinski definition) is 6. The van der Waals surface area contributed by atoms with Crippen LogP contribution < -0.4 is 10.6 Å². The van der Waals surface area contributed by atoms with Gasteiger partial charge in [0.1, 0.15) is 11.8 Å². The van der Waals surface area contributed by atoms with Crippen LogP contribution in [0, 0.1) is 22.0 Å². The molecule has 0 aliphatic carbocycles. The van der Waals surface area contributed by atoms with Crippen LogP contribution >= 0.6 is 11.6 Å². The second-order valence-electron chi connectivity index (χ2n) is 8.51. The lowest BCUT2D eigenvalue weighted by atomic mass is 9.94. The molecule has 1 saturated heterocycles. The number of rotatable bonds is 8. The van der Waals surface area contributed by atoms with Gasteiger partial charge in [0.25, 0.3) is 11.6 Å². The number of amides is 3. The first-order valence-electron chi connectivity index (χ1n) is 11.0. The van der Waals surface area contributed by atoms with Crippen LogP contribution in [0.4, 0.5) is 5.69 Å². The molecule has 0 spiro atoms. The summed E-state index contributed by atoms with van der Waals surface area (Å²) in [5.41, 5.74) is -0.174. The maximum Gasteiger partial charge on any atom is 0.270 e. The number of benzene rings is 1. The summed E-state index contributed by atoms with van der Waals surface area (Å²) in [6.07, 6.45) is 2.58. The van der Waals surface area contributed by atoms with Gasteiger partial charge < -0.3 is 20.0 Å². The third kappa shape index (κ3) is 6.13. The molecule has 2 heterocycles. The van der Waals surface area contributed by atoms with Crippen LogP contribution in [0.1, 0.15) is 42.8 Å². The van der Waals surface area contributed by atoms with Crippen molar-refractivity contribution in [2.45, 2.75) is 39.3 Å². The van der Waals surface area contributed by atoms with Gasteiger partial charge in [-0.2, -0.15) is 0 Å². The van der Waals surface area contributed by atoms with E-state index in [9.17, 15) is 24.5 Å². The van der Waals surface area contributed by atoms with Crippen LogP contribution in [0.25, 0.3) is 0 Å². The zero-order chi connectivity index (χ0) is 24.8. The molecule has 0 saturated carbocycles. The highest BCUT2D eigenvalue weighted by molar-refractivity contribution is 6.34. The Morgan fingerprint density at radius 1 is 1.24 bits per heavy atom. The van der Waals surface area contributed by atoms with E-state index in [0.717, 1.165) is 6.07 Å². The van der Waals surface area contributed by atoms with Crippen molar-refractivity contribution < 1.29 is 23.7 Å². The molecule has 2 aromatic rings. The molecular formula is C23H27ClN4O6. The van der Waals surface area contributed by atoms with E-state index in [2.05, 4.69) is 10.6 Å². The molecule has 11 heteroatoms. The fraction of sp³-hybridized carbons (Fsp3) is 0.435. The summed E-state index contributed by atoms with van der Waals surface area (Å²) < 4.78 is 5.22. The third-order valence-electron chi connectivity index (χ3n) is 5.82. The van der Waals surface area contributed by atoms with E-state index in [-0.39, 0.29) is 39.9 Å². The fourth-order valence-corrected chi connectivity index (χ4v) is 4.09. The molecule has 34 heavy (non-hydrogen) atoms. The first kappa shape index (κ1) is 25.2. The molecular weight excluding hydrogens is 464 g/mol. The Morgan fingerprint density at radius 2 is 1.94 bits per heavy atom. The molecule has 0 radical (unpaired) electrons. The third-order valence-corrected chi connectivity index (χ3v) is 6.13. The summed E-state index contributed by atoms with van der Waals surface area (Å²) in [5, 5.41) is 16.4. The van der Waals surface area contributed by atoms with Crippen LogP contribution in [0.15, 0.2) is 41.0 Å². The second kappa shape index (κ2) is 11.1. The van der Waals surface area contributed by atoms with Gasteiger partial charge in [-0.3, -0.25) is 24.5 Å². The lowest BCUT2D eigenvalue weighted by Crippen LogP contribution is -2.53. The first-order chi connectivity index (χ1) is 16.2. The van der Waals surface area contributed by atoms with Gasteiger partial charge in [0.05, 0.1) is 28.3 Å². The predicted octanol–water partition coefficient (Wildman–Crippen LogP) is 3.15. The van der Waals surface area contributed by atoms with Gasteiger partial charge >= 0.3 is 0 Å². The van der Waals surface area contributed by atoms with Gasteiger partial charge in [-0.25, -0.2) is 0 Å². The largest absolute Gasteiger partial charge is 0.467 e. The van der Waals surface area contributed by atoms with Crippen LogP contribution in [0.2, 0.25) is 5.02 Å². The first-order valence-corrected chi connectivity index (χ1v) is 11.4. The fourth-order valence-electron chi connectivity index (χ4n) is 3.82. The van der Waals surface area contributed by atoms with E-state index in [1.165, 1.54) is 12.1 Å². The number of nitro benzene ring substituents is 1. The standard InChI is InChI=1S/C23H27ClN4O6/c1-14(2)20(26-22(30)18-6-5-16(28(32)33)12-19(18)24)23(31)27-9-7-15(8-10-27)21(29)25-13-17-4-3-11-34-17/h3-6,11-12,14-15,20H,7-10,13H2,1-2H3,(H,25,29)(H,26,30). The maximum absolute atomic E-state index is 13.2. The summed E-state index contributed by atoms with van der Waals surface area (Å²) in [6.45, 7) is 4.74. The summed E-state index contributed by atoms with van der Waals surface area (Å²) >= 11 is 6.06. The highest BCUT2D eigenvalue weighted by Crippen LogP contribution is 2.24. The number of furan rings is 1. The molecule has 2 N–H and O–H groups in total. The van der Waals surface area contributed by atoms with E-state index in [0.29, 0.717) is 38.2 Å². The number of carbonyl (C=O) groups is 3. The number of nitrogens with one attached hydrogen (secondary N) is 2. The number of hydrogen-bond donors (Lipinski definition) is 2. The quantitative estimate of drug-likeness (QED) is 0.431. The lowest BCUT2D eigenvalue weighted by Gasteiger charge is -2.35. The summed E-state index contributed by atoms with van der Waals surface area (Å²) in [5.74, 6) is -0.641. The van der Waals surface area contributed by atoms with Gasteiger partial charge in [0, 0.05) is 31.1 Å².